The number of carbonyl (C=O) groups excluding carboxylic acids is 2. The maximum absolute atomic E-state index is 11.8. The normalized spacial score (nSPS) is 9.79. The fraction of sp³-hybridized carbons (Fsp3) is 0.273. The van der Waals surface area contributed by atoms with Crippen LogP contribution in [0.1, 0.15) is 17.3 Å². The summed E-state index contributed by atoms with van der Waals surface area (Å²) in [5.74, 6) is -0.876. The number of hydrogen-bond donors (Lipinski definition) is 2. The molecule has 1 aromatic carbocycles. The van der Waals surface area contributed by atoms with Gasteiger partial charge >= 0.3 is 0 Å². The molecule has 0 aliphatic heterocycles. The summed E-state index contributed by atoms with van der Waals surface area (Å²) in [7, 11) is 0. The lowest BCUT2D eigenvalue weighted by Gasteiger charge is -2.06. The minimum Gasteiger partial charge on any atom is -0.355 e. The maximum atomic E-state index is 11.8. The second-order valence-corrected chi connectivity index (χ2v) is 4.41. The van der Waals surface area contributed by atoms with Crippen molar-refractivity contribution in [3.05, 3.63) is 38.3 Å². The first-order chi connectivity index (χ1) is 8.95. The molecule has 19 heavy (non-hydrogen) atoms. The van der Waals surface area contributed by atoms with E-state index in [1.54, 1.807) is 6.92 Å². The molecule has 0 bridgehead atoms. The molecule has 2 amide bonds. The molecule has 7 nitrogen and oxygen atoms in total. The molecule has 0 aliphatic rings. The van der Waals surface area contributed by atoms with E-state index in [9.17, 15) is 19.7 Å². The summed E-state index contributed by atoms with van der Waals surface area (Å²) >= 11 is 3.13. The molecule has 0 radical (unpaired) electrons. The average molecular weight is 330 g/mol. The van der Waals surface area contributed by atoms with Crippen molar-refractivity contribution in [2.24, 2.45) is 0 Å². The molecule has 0 spiro atoms. The molecule has 0 heterocycles. The number of halogens is 1. The monoisotopic (exact) mass is 329 g/mol. The van der Waals surface area contributed by atoms with Gasteiger partial charge in [-0.15, -0.1) is 0 Å². The first-order valence-corrected chi connectivity index (χ1v) is 6.23. The lowest BCUT2D eigenvalue weighted by molar-refractivity contribution is -0.384. The van der Waals surface area contributed by atoms with Crippen LogP contribution in [0.15, 0.2) is 22.7 Å². The molecule has 0 atom stereocenters. The fourth-order valence-corrected chi connectivity index (χ4v) is 1.74. The Balaban J connectivity index is 2.79. The van der Waals surface area contributed by atoms with Gasteiger partial charge in [-0.3, -0.25) is 19.7 Å². The molecule has 8 heteroatoms. The van der Waals surface area contributed by atoms with Crippen LogP contribution in [-0.2, 0) is 4.79 Å². The van der Waals surface area contributed by atoms with Crippen molar-refractivity contribution in [2.75, 3.05) is 13.1 Å². The predicted octanol–water partition coefficient (Wildman–Crippen LogP) is 1.22. The van der Waals surface area contributed by atoms with Crippen molar-refractivity contribution in [1.82, 2.24) is 10.6 Å². The van der Waals surface area contributed by atoms with E-state index in [0.717, 1.165) is 6.07 Å². The molecule has 1 aromatic rings. The van der Waals surface area contributed by atoms with E-state index in [-0.39, 0.29) is 23.7 Å². The van der Waals surface area contributed by atoms with Gasteiger partial charge in [0.1, 0.15) is 0 Å². The van der Waals surface area contributed by atoms with Crippen molar-refractivity contribution >= 4 is 33.4 Å². The number of rotatable bonds is 5. The largest absolute Gasteiger partial charge is 0.355 e. The number of carbonyl (C=O) groups is 2. The fourth-order valence-electron chi connectivity index (χ4n) is 1.32. The summed E-state index contributed by atoms with van der Waals surface area (Å²) in [5, 5.41) is 15.5. The summed E-state index contributed by atoms with van der Waals surface area (Å²) < 4.78 is 0.423. The number of non-ortho nitro benzene ring substituents is 1. The zero-order valence-electron chi connectivity index (χ0n) is 10.1. The molecular formula is C11H12BrN3O4. The summed E-state index contributed by atoms with van der Waals surface area (Å²) in [6.07, 6.45) is 0. The van der Waals surface area contributed by atoms with Crippen LogP contribution in [0.4, 0.5) is 5.69 Å². The van der Waals surface area contributed by atoms with E-state index in [4.69, 9.17) is 0 Å². The summed E-state index contributed by atoms with van der Waals surface area (Å²) in [6.45, 7) is 2.05. The molecule has 0 unspecified atom stereocenters. The van der Waals surface area contributed by atoms with Crippen molar-refractivity contribution in [2.45, 2.75) is 6.92 Å². The first kappa shape index (κ1) is 15.1. The van der Waals surface area contributed by atoms with Gasteiger partial charge in [0.15, 0.2) is 0 Å². The van der Waals surface area contributed by atoms with Crippen LogP contribution in [0.2, 0.25) is 0 Å². The number of nitrogens with one attached hydrogen (secondary N) is 2. The van der Waals surface area contributed by atoms with Gasteiger partial charge in [0.2, 0.25) is 5.91 Å². The Labute approximate surface area is 117 Å². The van der Waals surface area contributed by atoms with E-state index in [0.29, 0.717) is 11.0 Å². The Morgan fingerprint density at radius 3 is 2.63 bits per heavy atom. The number of likely N-dealkylation sites (N-methyl/N-ethyl adjacent to an activating group) is 1. The lowest BCUT2D eigenvalue weighted by Crippen LogP contribution is -2.36. The third kappa shape index (κ3) is 4.32. The predicted molar refractivity (Wildman–Crippen MR) is 71.8 cm³/mol. The van der Waals surface area contributed by atoms with Crippen LogP contribution >= 0.6 is 15.9 Å². The van der Waals surface area contributed by atoms with Crippen LogP contribution in [0.5, 0.6) is 0 Å². The van der Waals surface area contributed by atoms with Gasteiger partial charge in [-0.1, -0.05) is 0 Å². The van der Waals surface area contributed by atoms with E-state index < -0.39 is 10.8 Å². The lowest BCUT2D eigenvalue weighted by atomic mass is 10.2. The SMILES string of the molecule is CCNC(=O)CNC(=O)c1cc([N+](=O)[O-])ccc1Br. The molecule has 0 aromatic heterocycles. The first-order valence-electron chi connectivity index (χ1n) is 5.44. The zero-order chi connectivity index (χ0) is 14.4. The van der Waals surface area contributed by atoms with Crippen molar-refractivity contribution < 1.29 is 14.5 Å². The van der Waals surface area contributed by atoms with Crippen LogP contribution < -0.4 is 10.6 Å². The van der Waals surface area contributed by atoms with Crippen LogP contribution in [0.25, 0.3) is 0 Å². The maximum Gasteiger partial charge on any atom is 0.270 e. The molecule has 1 rings (SSSR count). The average Bonchev–Trinajstić information content (AvgIpc) is 2.36. The Kier molecular flexibility index (Phi) is 5.43. The number of hydrogen-bond acceptors (Lipinski definition) is 4. The third-order valence-corrected chi connectivity index (χ3v) is 2.88. The highest BCUT2D eigenvalue weighted by molar-refractivity contribution is 9.10. The van der Waals surface area contributed by atoms with Gasteiger partial charge in [-0.2, -0.15) is 0 Å². The van der Waals surface area contributed by atoms with Crippen molar-refractivity contribution in [1.29, 1.82) is 0 Å². The second kappa shape index (κ2) is 6.83. The van der Waals surface area contributed by atoms with Gasteiger partial charge < -0.3 is 10.6 Å². The van der Waals surface area contributed by atoms with Crippen LogP contribution in [0.3, 0.4) is 0 Å². The minimum atomic E-state index is -0.590. The standard InChI is InChI=1S/C11H12BrN3O4/c1-2-13-10(16)6-14-11(17)8-5-7(15(18)19)3-4-9(8)12/h3-5H,2,6H2,1H3,(H,13,16)(H,14,17). The van der Waals surface area contributed by atoms with Gasteiger partial charge in [0.25, 0.3) is 11.6 Å². The summed E-state index contributed by atoms with van der Waals surface area (Å²) in [6, 6.07) is 3.85. The van der Waals surface area contributed by atoms with E-state index >= 15 is 0 Å². The molecule has 2 N–H and O–H groups in total. The summed E-state index contributed by atoms with van der Waals surface area (Å²) in [5.41, 5.74) is -0.0788. The summed E-state index contributed by atoms with van der Waals surface area (Å²) in [4.78, 5) is 33.0. The highest BCUT2D eigenvalue weighted by atomic mass is 79.9. The van der Waals surface area contributed by atoms with Crippen LogP contribution in [0, 0.1) is 10.1 Å². The van der Waals surface area contributed by atoms with Crippen molar-refractivity contribution in [3.8, 4) is 0 Å². The molecule has 0 saturated carbocycles. The molecule has 0 fully saturated rings. The number of amides is 2. The number of nitrogens with zero attached hydrogens (tertiary/aromatic N) is 1. The minimum absolute atomic E-state index is 0.110. The van der Waals surface area contributed by atoms with Gasteiger partial charge in [-0.25, -0.2) is 0 Å². The van der Waals surface area contributed by atoms with E-state index in [1.807, 2.05) is 0 Å². The second-order valence-electron chi connectivity index (χ2n) is 3.56. The van der Waals surface area contributed by atoms with Crippen LogP contribution in [-0.4, -0.2) is 29.8 Å². The Morgan fingerprint density at radius 2 is 2.05 bits per heavy atom. The Morgan fingerprint density at radius 1 is 1.37 bits per heavy atom. The number of nitro groups is 1. The Bertz CT molecular complexity index is 519. The van der Waals surface area contributed by atoms with Gasteiger partial charge in [0.05, 0.1) is 17.0 Å². The quantitative estimate of drug-likeness (QED) is 0.626. The van der Waals surface area contributed by atoms with Gasteiger partial charge in [-0.05, 0) is 28.9 Å². The molecule has 102 valence electrons. The van der Waals surface area contributed by atoms with E-state index in [1.165, 1.54) is 12.1 Å². The topological polar surface area (TPSA) is 101 Å². The van der Waals surface area contributed by atoms with E-state index in [2.05, 4.69) is 26.6 Å². The highest BCUT2D eigenvalue weighted by Gasteiger charge is 2.15. The molecular weight excluding hydrogens is 318 g/mol. The highest BCUT2D eigenvalue weighted by Crippen LogP contribution is 2.22. The molecule has 0 aliphatic carbocycles. The van der Waals surface area contributed by atoms with Gasteiger partial charge in [0, 0.05) is 23.2 Å². The molecule has 0 saturated heterocycles. The van der Waals surface area contributed by atoms with Crippen molar-refractivity contribution in [3.63, 3.8) is 0 Å². The third-order valence-electron chi connectivity index (χ3n) is 2.19. The Hall–Kier alpha value is -1.96. The number of benzene rings is 1. The smallest absolute Gasteiger partial charge is 0.270 e. The number of nitro benzene ring substituents is 1. The zero-order valence-corrected chi connectivity index (χ0v) is 11.7.